The zero-order chi connectivity index (χ0) is 13.0. The molecule has 94 valence electrons. The van der Waals surface area contributed by atoms with E-state index in [0.29, 0.717) is 12.8 Å². The number of carboxylic acids is 2. The number of ether oxygens (including phenoxy) is 2. The number of carbonyl (C=O) groups is 2. The number of carboxylic acid groups (broad SMARTS) is 2. The molecule has 2 N–H and O–H groups in total. The Hall–Kier alpha value is -1.14. The van der Waals surface area contributed by atoms with Gasteiger partial charge in [-0.1, -0.05) is 13.8 Å². The van der Waals surface area contributed by atoms with Gasteiger partial charge in [0, 0.05) is 7.11 Å². The molecule has 0 saturated carbocycles. The maximum absolute atomic E-state index is 11.0. The van der Waals surface area contributed by atoms with Crippen LogP contribution in [0.4, 0.5) is 0 Å². The second-order valence-corrected chi connectivity index (χ2v) is 3.69. The zero-order valence-corrected chi connectivity index (χ0v) is 9.94. The zero-order valence-electron chi connectivity index (χ0n) is 9.94. The van der Waals surface area contributed by atoms with Crippen LogP contribution in [0.5, 0.6) is 0 Å². The Morgan fingerprint density at radius 3 is 1.69 bits per heavy atom. The minimum atomic E-state index is -2.64. The van der Waals surface area contributed by atoms with Crippen molar-refractivity contribution in [1.29, 1.82) is 0 Å². The molecule has 0 atom stereocenters. The lowest BCUT2D eigenvalue weighted by Gasteiger charge is -2.35. The van der Waals surface area contributed by atoms with Crippen LogP contribution in [-0.2, 0) is 19.1 Å². The van der Waals surface area contributed by atoms with E-state index >= 15 is 0 Å². The van der Waals surface area contributed by atoms with Crippen LogP contribution in [0.2, 0.25) is 0 Å². The van der Waals surface area contributed by atoms with Crippen LogP contribution in [0.25, 0.3) is 0 Å². The summed E-state index contributed by atoms with van der Waals surface area (Å²) in [5.74, 6) is -5.98. The number of rotatable bonds is 7. The summed E-state index contributed by atoms with van der Waals surface area (Å²) in [6.07, 6.45) is 0.963. The van der Waals surface area contributed by atoms with E-state index in [4.69, 9.17) is 14.9 Å². The second-order valence-electron chi connectivity index (χ2n) is 3.69. The summed E-state index contributed by atoms with van der Waals surface area (Å²) in [6, 6.07) is 0. The van der Waals surface area contributed by atoms with Gasteiger partial charge in [0.05, 0.1) is 5.60 Å². The largest absolute Gasteiger partial charge is 0.477 e. The standard InChI is InChI=1S/C10H18O6/c1-5-9(3,6-2)16-10(15-4,7(11)12)8(13)14/h5-6H2,1-4H3,(H,11,12)(H,13,14). The molecule has 0 unspecified atom stereocenters. The van der Waals surface area contributed by atoms with Gasteiger partial charge >= 0.3 is 17.7 Å². The first-order valence-corrected chi connectivity index (χ1v) is 5.00. The van der Waals surface area contributed by atoms with Crippen LogP contribution in [-0.4, -0.2) is 40.6 Å². The third-order valence-corrected chi connectivity index (χ3v) is 2.74. The van der Waals surface area contributed by atoms with Crippen LogP contribution in [0, 0.1) is 0 Å². The van der Waals surface area contributed by atoms with Crippen LogP contribution in [0.3, 0.4) is 0 Å². The molecular weight excluding hydrogens is 216 g/mol. The molecule has 0 bridgehead atoms. The highest BCUT2D eigenvalue weighted by Crippen LogP contribution is 2.28. The first kappa shape index (κ1) is 14.9. The lowest BCUT2D eigenvalue weighted by Crippen LogP contribution is -2.55. The Labute approximate surface area is 94.2 Å². The van der Waals surface area contributed by atoms with Gasteiger partial charge in [0.2, 0.25) is 0 Å². The number of methoxy groups -OCH3 is 1. The predicted molar refractivity (Wildman–Crippen MR) is 55.1 cm³/mol. The molecule has 0 aliphatic heterocycles. The van der Waals surface area contributed by atoms with Crippen molar-refractivity contribution in [2.45, 2.75) is 45.0 Å². The summed E-state index contributed by atoms with van der Waals surface area (Å²) in [4.78, 5) is 21.9. The summed E-state index contributed by atoms with van der Waals surface area (Å²) in [7, 11) is 0.994. The topological polar surface area (TPSA) is 93.1 Å². The fraction of sp³-hybridized carbons (Fsp3) is 0.800. The van der Waals surface area contributed by atoms with Crippen LogP contribution in [0.15, 0.2) is 0 Å². The number of hydrogen-bond acceptors (Lipinski definition) is 4. The molecule has 0 aromatic heterocycles. The molecule has 0 fully saturated rings. The molecule has 0 rings (SSSR count). The van der Waals surface area contributed by atoms with E-state index in [2.05, 4.69) is 4.74 Å². The maximum atomic E-state index is 11.0. The fourth-order valence-electron chi connectivity index (χ4n) is 1.14. The SMILES string of the molecule is CCC(C)(CC)OC(OC)(C(=O)O)C(=O)O. The first-order chi connectivity index (χ1) is 7.28. The van der Waals surface area contributed by atoms with E-state index in [1.807, 2.05) is 0 Å². The Morgan fingerprint density at radius 1 is 1.12 bits per heavy atom. The van der Waals surface area contributed by atoms with Gasteiger partial charge in [0.15, 0.2) is 0 Å². The van der Waals surface area contributed by atoms with E-state index in [0.717, 1.165) is 7.11 Å². The van der Waals surface area contributed by atoms with Gasteiger partial charge in [0.25, 0.3) is 0 Å². The predicted octanol–water partition coefficient (Wildman–Crippen LogP) is 1.09. The van der Waals surface area contributed by atoms with Crippen molar-refractivity contribution in [3.05, 3.63) is 0 Å². The molecular formula is C10H18O6. The fourth-order valence-corrected chi connectivity index (χ4v) is 1.14. The van der Waals surface area contributed by atoms with Gasteiger partial charge < -0.3 is 19.7 Å². The van der Waals surface area contributed by atoms with Crippen molar-refractivity contribution in [3.8, 4) is 0 Å². The van der Waals surface area contributed by atoms with Crippen molar-refractivity contribution in [3.63, 3.8) is 0 Å². The van der Waals surface area contributed by atoms with Crippen LogP contribution < -0.4 is 0 Å². The molecule has 0 radical (unpaired) electrons. The maximum Gasteiger partial charge on any atom is 0.377 e. The number of hydrogen-bond donors (Lipinski definition) is 2. The van der Waals surface area contributed by atoms with E-state index in [9.17, 15) is 9.59 Å². The smallest absolute Gasteiger partial charge is 0.377 e. The second kappa shape index (κ2) is 5.27. The van der Waals surface area contributed by atoms with Gasteiger partial charge in [-0.3, -0.25) is 0 Å². The van der Waals surface area contributed by atoms with Crippen molar-refractivity contribution in [2.75, 3.05) is 7.11 Å². The quantitative estimate of drug-likeness (QED) is 0.506. The third kappa shape index (κ3) is 2.70. The molecule has 0 aromatic carbocycles. The van der Waals surface area contributed by atoms with Gasteiger partial charge in [0.1, 0.15) is 0 Å². The number of aliphatic carboxylic acids is 2. The average molecular weight is 234 g/mol. The Morgan fingerprint density at radius 2 is 1.50 bits per heavy atom. The highest BCUT2D eigenvalue weighted by Gasteiger charge is 2.53. The summed E-state index contributed by atoms with van der Waals surface area (Å²) in [6.45, 7) is 5.22. The van der Waals surface area contributed by atoms with E-state index in [1.165, 1.54) is 0 Å². The minimum absolute atomic E-state index is 0.481. The molecule has 0 heterocycles. The van der Waals surface area contributed by atoms with Crippen molar-refractivity contribution < 1.29 is 29.3 Å². The summed E-state index contributed by atoms with van der Waals surface area (Å²) in [5.41, 5.74) is -0.854. The monoisotopic (exact) mass is 234 g/mol. The molecule has 0 amide bonds. The Kier molecular flexibility index (Phi) is 4.89. The van der Waals surface area contributed by atoms with Crippen LogP contribution >= 0.6 is 0 Å². The summed E-state index contributed by atoms with van der Waals surface area (Å²) in [5, 5.41) is 17.8. The van der Waals surface area contributed by atoms with Crippen LogP contribution in [0.1, 0.15) is 33.6 Å². The molecule has 6 nitrogen and oxygen atoms in total. The van der Waals surface area contributed by atoms with Gasteiger partial charge in [-0.05, 0) is 19.8 Å². The molecule has 16 heavy (non-hydrogen) atoms. The van der Waals surface area contributed by atoms with Gasteiger partial charge in [-0.25, -0.2) is 9.59 Å². The molecule has 0 spiro atoms. The lowest BCUT2D eigenvalue weighted by molar-refractivity contribution is -0.272. The lowest BCUT2D eigenvalue weighted by atomic mass is 9.99. The van der Waals surface area contributed by atoms with Crippen molar-refractivity contribution >= 4 is 11.9 Å². The normalized spacial score (nSPS) is 12.5. The summed E-state index contributed by atoms with van der Waals surface area (Å²) < 4.78 is 9.71. The first-order valence-electron chi connectivity index (χ1n) is 5.00. The van der Waals surface area contributed by atoms with E-state index < -0.39 is 23.3 Å². The molecule has 0 aliphatic rings. The molecule has 0 aromatic rings. The Balaban J connectivity index is 5.22. The van der Waals surface area contributed by atoms with Crippen molar-refractivity contribution in [1.82, 2.24) is 0 Å². The highest BCUT2D eigenvalue weighted by atomic mass is 16.7. The summed E-state index contributed by atoms with van der Waals surface area (Å²) >= 11 is 0. The van der Waals surface area contributed by atoms with Gasteiger partial charge in [-0.2, -0.15) is 0 Å². The highest BCUT2D eigenvalue weighted by molar-refractivity contribution is 6.00. The Bertz CT molecular complexity index is 254. The molecule has 0 aliphatic carbocycles. The van der Waals surface area contributed by atoms with Gasteiger partial charge in [-0.15, -0.1) is 0 Å². The van der Waals surface area contributed by atoms with E-state index in [1.54, 1.807) is 20.8 Å². The molecule has 0 saturated heterocycles. The minimum Gasteiger partial charge on any atom is -0.477 e. The third-order valence-electron chi connectivity index (χ3n) is 2.74. The van der Waals surface area contributed by atoms with Crippen molar-refractivity contribution in [2.24, 2.45) is 0 Å². The van der Waals surface area contributed by atoms with E-state index in [-0.39, 0.29) is 0 Å². The average Bonchev–Trinajstić information content (AvgIpc) is 2.24. The molecule has 6 heteroatoms.